The van der Waals surface area contributed by atoms with E-state index in [0.29, 0.717) is 16.1 Å². The van der Waals surface area contributed by atoms with Gasteiger partial charge in [-0.15, -0.1) is 0 Å². The molecule has 120 valence electrons. The standard InChI is InChI=1S/C19H14ClNO3/c1-12(18(22)14-6-9-15(20)10-7-14)24-19(23)17-11-8-13-4-2-3-5-16(13)21-17/h2-12H,1H3. The van der Waals surface area contributed by atoms with E-state index < -0.39 is 12.1 Å². The van der Waals surface area contributed by atoms with Crippen molar-refractivity contribution < 1.29 is 14.3 Å². The minimum Gasteiger partial charge on any atom is -0.450 e. The molecular weight excluding hydrogens is 326 g/mol. The molecule has 0 fully saturated rings. The predicted molar refractivity (Wildman–Crippen MR) is 92.4 cm³/mol. The van der Waals surface area contributed by atoms with E-state index in [4.69, 9.17) is 16.3 Å². The van der Waals surface area contributed by atoms with Crippen molar-refractivity contribution in [2.75, 3.05) is 0 Å². The Morgan fingerprint density at radius 1 is 1.00 bits per heavy atom. The van der Waals surface area contributed by atoms with Crippen molar-refractivity contribution in [3.05, 3.63) is 76.9 Å². The number of pyridine rings is 1. The van der Waals surface area contributed by atoms with Crippen molar-refractivity contribution in [1.82, 2.24) is 4.98 Å². The van der Waals surface area contributed by atoms with Crippen molar-refractivity contribution in [2.24, 2.45) is 0 Å². The first-order valence-corrected chi connectivity index (χ1v) is 7.79. The molecule has 1 heterocycles. The highest BCUT2D eigenvalue weighted by molar-refractivity contribution is 6.30. The summed E-state index contributed by atoms with van der Waals surface area (Å²) >= 11 is 5.80. The van der Waals surface area contributed by atoms with Gasteiger partial charge in [0.15, 0.2) is 6.10 Å². The molecule has 0 bridgehead atoms. The molecule has 1 unspecified atom stereocenters. The number of aromatic nitrogens is 1. The van der Waals surface area contributed by atoms with E-state index in [0.717, 1.165) is 5.39 Å². The molecule has 3 aromatic rings. The van der Waals surface area contributed by atoms with E-state index >= 15 is 0 Å². The van der Waals surface area contributed by atoms with Crippen molar-refractivity contribution in [2.45, 2.75) is 13.0 Å². The predicted octanol–water partition coefficient (Wildman–Crippen LogP) is 4.32. The number of rotatable bonds is 4. The lowest BCUT2D eigenvalue weighted by atomic mass is 10.1. The fourth-order valence-corrected chi connectivity index (χ4v) is 2.43. The van der Waals surface area contributed by atoms with Gasteiger partial charge < -0.3 is 4.74 Å². The van der Waals surface area contributed by atoms with Crippen LogP contribution in [0.3, 0.4) is 0 Å². The quantitative estimate of drug-likeness (QED) is 0.525. The Hall–Kier alpha value is -2.72. The van der Waals surface area contributed by atoms with Gasteiger partial charge in [-0.2, -0.15) is 0 Å². The molecular formula is C19H14ClNO3. The summed E-state index contributed by atoms with van der Waals surface area (Å²) in [5.41, 5.74) is 1.30. The first kappa shape index (κ1) is 16.1. The van der Waals surface area contributed by atoms with Crippen molar-refractivity contribution in [1.29, 1.82) is 0 Å². The second kappa shape index (κ2) is 6.81. The Kier molecular flexibility index (Phi) is 4.58. The molecule has 0 aliphatic heterocycles. The number of halogens is 1. The fourth-order valence-electron chi connectivity index (χ4n) is 2.30. The van der Waals surface area contributed by atoms with E-state index in [-0.39, 0.29) is 11.5 Å². The summed E-state index contributed by atoms with van der Waals surface area (Å²) in [6.45, 7) is 1.54. The summed E-state index contributed by atoms with van der Waals surface area (Å²) in [4.78, 5) is 28.8. The van der Waals surface area contributed by atoms with Gasteiger partial charge in [0, 0.05) is 16.0 Å². The third-order valence-corrected chi connectivity index (χ3v) is 3.84. The number of nitrogens with zero attached hydrogens (tertiary/aromatic N) is 1. The summed E-state index contributed by atoms with van der Waals surface area (Å²) in [6.07, 6.45) is -0.910. The number of fused-ring (bicyclic) bond motifs is 1. The molecule has 1 atom stereocenters. The molecule has 0 aliphatic carbocycles. The van der Waals surface area contributed by atoms with Crippen LogP contribution < -0.4 is 0 Å². The average Bonchev–Trinajstić information content (AvgIpc) is 2.61. The Bertz CT molecular complexity index is 906. The number of carbonyl (C=O) groups is 2. The highest BCUT2D eigenvalue weighted by atomic mass is 35.5. The maximum absolute atomic E-state index is 12.3. The van der Waals surface area contributed by atoms with E-state index in [1.165, 1.54) is 6.92 Å². The zero-order valence-electron chi connectivity index (χ0n) is 12.9. The summed E-state index contributed by atoms with van der Waals surface area (Å²) in [5, 5.41) is 1.47. The van der Waals surface area contributed by atoms with E-state index in [2.05, 4.69) is 4.98 Å². The van der Waals surface area contributed by atoms with Gasteiger partial charge in [0.05, 0.1) is 5.52 Å². The molecule has 0 spiro atoms. The normalized spacial score (nSPS) is 11.9. The van der Waals surface area contributed by atoms with Crippen LogP contribution >= 0.6 is 11.6 Å². The molecule has 0 saturated carbocycles. The lowest BCUT2D eigenvalue weighted by Crippen LogP contribution is -2.24. The molecule has 0 aliphatic rings. The molecule has 4 nitrogen and oxygen atoms in total. The third kappa shape index (κ3) is 3.44. The smallest absolute Gasteiger partial charge is 0.357 e. The van der Waals surface area contributed by atoms with Crippen LogP contribution in [0.5, 0.6) is 0 Å². The number of hydrogen-bond acceptors (Lipinski definition) is 4. The van der Waals surface area contributed by atoms with Crippen LogP contribution in [0, 0.1) is 0 Å². The first-order valence-electron chi connectivity index (χ1n) is 7.41. The Labute approximate surface area is 144 Å². The van der Waals surface area contributed by atoms with E-state index in [9.17, 15) is 9.59 Å². The zero-order valence-corrected chi connectivity index (χ0v) is 13.7. The zero-order chi connectivity index (χ0) is 17.1. The topological polar surface area (TPSA) is 56.3 Å². The molecule has 0 saturated heterocycles. The van der Waals surface area contributed by atoms with Crippen LogP contribution in [-0.4, -0.2) is 22.8 Å². The molecule has 1 aromatic heterocycles. The maximum atomic E-state index is 12.3. The minimum absolute atomic E-state index is 0.171. The largest absolute Gasteiger partial charge is 0.450 e. The van der Waals surface area contributed by atoms with E-state index in [1.54, 1.807) is 36.4 Å². The van der Waals surface area contributed by atoms with Crippen LogP contribution in [0.2, 0.25) is 5.02 Å². The summed E-state index contributed by atoms with van der Waals surface area (Å²) < 4.78 is 5.25. The molecule has 0 amide bonds. The highest BCUT2D eigenvalue weighted by Gasteiger charge is 2.21. The number of para-hydroxylation sites is 1. The van der Waals surface area contributed by atoms with Gasteiger partial charge in [-0.3, -0.25) is 4.79 Å². The summed E-state index contributed by atoms with van der Waals surface area (Å²) in [6, 6.07) is 17.3. The lowest BCUT2D eigenvalue weighted by Gasteiger charge is -2.12. The maximum Gasteiger partial charge on any atom is 0.357 e. The SMILES string of the molecule is CC(OC(=O)c1ccc2ccccc2n1)C(=O)c1ccc(Cl)cc1. The second-order valence-electron chi connectivity index (χ2n) is 5.31. The molecule has 2 aromatic carbocycles. The van der Waals surface area contributed by atoms with Gasteiger partial charge in [-0.05, 0) is 43.3 Å². The summed E-state index contributed by atoms with van der Waals surface area (Å²) in [7, 11) is 0. The Balaban J connectivity index is 1.75. The first-order chi connectivity index (χ1) is 11.5. The Morgan fingerprint density at radius 2 is 1.71 bits per heavy atom. The highest BCUT2D eigenvalue weighted by Crippen LogP contribution is 2.15. The molecule has 0 radical (unpaired) electrons. The average molecular weight is 340 g/mol. The number of esters is 1. The summed E-state index contributed by atoms with van der Waals surface area (Å²) in [5.74, 6) is -0.920. The third-order valence-electron chi connectivity index (χ3n) is 3.59. The number of hydrogen-bond donors (Lipinski definition) is 0. The number of benzene rings is 2. The van der Waals surface area contributed by atoms with Gasteiger partial charge in [-0.25, -0.2) is 9.78 Å². The second-order valence-corrected chi connectivity index (χ2v) is 5.74. The monoisotopic (exact) mass is 339 g/mol. The van der Waals surface area contributed by atoms with Crippen LogP contribution in [0.15, 0.2) is 60.7 Å². The van der Waals surface area contributed by atoms with Gasteiger partial charge >= 0.3 is 5.97 Å². The van der Waals surface area contributed by atoms with E-state index in [1.807, 2.05) is 24.3 Å². The van der Waals surface area contributed by atoms with Crippen LogP contribution in [0.25, 0.3) is 10.9 Å². The molecule has 5 heteroatoms. The number of ether oxygens (including phenoxy) is 1. The van der Waals surface area contributed by atoms with Gasteiger partial charge in [0.2, 0.25) is 5.78 Å². The number of carbonyl (C=O) groups excluding carboxylic acids is 2. The molecule has 3 rings (SSSR count). The van der Waals surface area contributed by atoms with Gasteiger partial charge in [0.1, 0.15) is 5.69 Å². The van der Waals surface area contributed by atoms with Crippen molar-refractivity contribution in [3.63, 3.8) is 0 Å². The van der Waals surface area contributed by atoms with Crippen molar-refractivity contribution in [3.8, 4) is 0 Å². The molecule has 0 N–H and O–H groups in total. The molecule has 24 heavy (non-hydrogen) atoms. The minimum atomic E-state index is -0.910. The number of Topliss-reactive ketones (excluding diaryl/α,β-unsaturated/α-hetero) is 1. The van der Waals surface area contributed by atoms with Crippen LogP contribution in [0.4, 0.5) is 0 Å². The number of ketones is 1. The fraction of sp³-hybridized carbons (Fsp3) is 0.105. The van der Waals surface area contributed by atoms with Gasteiger partial charge in [-0.1, -0.05) is 35.9 Å². The van der Waals surface area contributed by atoms with Crippen molar-refractivity contribution >= 4 is 34.3 Å². The van der Waals surface area contributed by atoms with Crippen LogP contribution in [-0.2, 0) is 4.74 Å². The van der Waals surface area contributed by atoms with Crippen LogP contribution in [0.1, 0.15) is 27.8 Å². The lowest BCUT2D eigenvalue weighted by molar-refractivity contribution is 0.0313. The Morgan fingerprint density at radius 3 is 2.46 bits per heavy atom. The van der Waals surface area contributed by atoms with Gasteiger partial charge in [0.25, 0.3) is 0 Å².